The predicted octanol–water partition coefficient (Wildman–Crippen LogP) is 3.39. The molecule has 0 spiro atoms. The van der Waals surface area contributed by atoms with Crippen molar-refractivity contribution in [2.75, 3.05) is 27.3 Å². The molecule has 1 saturated heterocycles. The third-order valence-corrected chi connectivity index (χ3v) is 5.77. The Morgan fingerprint density at radius 1 is 1.06 bits per heavy atom. The average molecular weight is 445 g/mol. The largest absolute Gasteiger partial charge is 0.497 e. The summed E-state index contributed by atoms with van der Waals surface area (Å²) in [6, 6.07) is 16.9. The van der Waals surface area contributed by atoms with Crippen molar-refractivity contribution < 1.29 is 18.8 Å². The molecule has 168 valence electrons. The Morgan fingerprint density at radius 3 is 2.58 bits per heavy atom. The Kier molecular flexibility index (Phi) is 5.29. The fraction of sp³-hybridized carbons (Fsp3) is 0.250. The van der Waals surface area contributed by atoms with E-state index in [1.807, 2.05) is 48.5 Å². The number of rotatable bonds is 6. The van der Waals surface area contributed by atoms with Crippen LogP contribution in [0, 0.1) is 0 Å². The second-order valence-corrected chi connectivity index (χ2v) is 7.83. The number of aromatic nitrogens is 4. The Hall–Kier alpha value is -4.14. The van der Waals surface area contributed by atoms with E-state index in [4.69, 9.17) is 14.0 Å². The number of aryl methyl sites for hydroxylation is 1. The van der Waals surface area contributed by atoms with Crippen LogP contribution in [0.4, 0.5) is 0 Å². The monoisotopic (exact) mass is 445 g/mol. The normalized spacial score (nSPS) is 13.6. The lowest BCUT2D eigenvalue weighted by molar-refractivity contribution is 0.0558. The summed E-state index contributed by atoms with van der Waals surface area (Å²) >= 11 is 0. The molecule has 0 radical (unpaired) electrons. The van der Waals surface area contributed by atoms with Gasteiger partial charge in [-0.3, -0.25) is 9.48 Å². The van der Waals surface area contributed by atoms with Crippen LogP contribution in [0.3, 0.4) is 0 Å². The van der Waals surface area contributed by atoms with Gasteiger partial charge in [0.15, 0.2) is 0 Å². The number of methoxy groups -OCH3 is 2. The first kappa shape index (κ1) is 20.7. The van der Waals surface area contributed by atoms with E-state index in [2.05, 4.69) is 15.2 Å². The standard InChI is InChI=1S/C24H23N5O4/c1-28-20(12-19(26-28)18-11-17(31-2)9-10-21(18)32-3)24(30)29-13-16(14-29)23-25-22(27-33-23)15-7-5-4-6-8-15/h4-12,16H,13-14H2,1-3H3. The molecule has 0 saturated carbocycles. The molecule has 1 aliphatic heterocycles. The molecule has 0 atom stereocenters. The molecular weight excluding hydrogens is 422 g/mol. The summed E-state index contributed by atoms with van der Waals surface area (Å²) in [6.07, 6.45) is 0. The smallest absolute Gasteiger partial charge is 0.272 e. The van der Waals surface area contributed by atoms with E-state index >= 15 is 0 Å². The van der Waals surface area contributed by atoms with Crippen molar-refractivity contribution in [1.29, 1.82) is 0 Å². The van der Waals surface area contributed by atoms with Gasteiger partial charge in [0.2, 0.25) is 11.7 Å². The maximum absolute atomic E-state index is 13.1. The van der Waals surface area contributed by atoms with E-state index < -0.39 is 0 Å². The molecule has 3 heterocycles. The second kappa shape index (κ2) is 8.42. The first-order valence-corrected chi connectivity index (χ1v) is 10.5. The summed E-state index contributed by atoms with van der Waals surface area (Å²) in [5.74, 6) is 2.36. The highest BCUT2D eigenvalue weighted by atomic mass is 16.5. The summed E-state index contributed by atoms with van der Waals surface area (Å²) in [4.78, 5) is 19.4. The molecule has 2 aromatic carbocycles. The quantitative estimate of drug-likeness (QED) is 0.449. The minimum Gasteiger partial charge on any atom is -0.497 e. The number of benzene rings is 2. The van der Waals surface area contributed by atoms with Gasteiger partial charge >= 0.3 is 0 Å². The first-order valence-electron chi connectivity index (χ1n) is 10.5. The topological polar surface area (TPSA) is 95.5 Å². The molecule has 9 heteroatoms. The number of likely N-dealkylation sites (tertiary alicyclic amines) is 1. The average Bonchev–Trinajstić information content (AvgIpc) is 3.45. The van der Waals surface area contributed by atoms with E-state index in [-0.39, 0.29) is 11.8 Å². The van der Waals surface area contributed by atoms with Crippen LogP contribution in [0.2, 0.25) is 0 Å². The fourth-order valence-corrected chi connectivity index (χ4v) is 3.88. The predicted molar refractivity (Wildman–Crippen MR) is 120 cm³/mol. The highest BCUT2D eigenvalue weighted by molar-refractivity contribution is 5.94. The van der Waals surface area contributed by atoms with Gasteiger partial charge in [-0.15, -0.1) is 0 Å². The Labute approximate surface area is 190 Å². The lowest BCUT2D eigenvalue weighted by atomic mass is 9.99. The van der Waals surface area contributed by atoms with Crippen molar-refractivity contribution in [3.63, 3.8) is 0 Å². The van der Waals surface area contributed by atoms with Crippen LogP contribution in [0.1, 0.15) is 22.3 Å². The summed E-state index contributed by atoms with van der Waals surface area (Å²) in [6.45, 7) is 1.02. The molecule has 5 rings (SSSR count). The highest BCUT2D eigenvalue weighted by Gasteiger charge is 2.37. The van der Waals surface area contributed by atoms with Gasteiger partial charge < -0.3 is 18.9 Å². The summed E-state index contributed by atoms with van der Waals surface area (Å²) < 4.78 is 17.8. The van der Waals surface area contributed by atoms with E-state index in [1.54, 1.807) is 36.9 Å². The van der Waals surface area contributed by atoms with Gasteiger partial charge in [-0.1, -0.05) is 35.5 Å². The summed E-state index contributed by atoms with van der Waals surface area (Å²) in [5.41, 5.74) is 2.78. The van der Waals surface area contributed by atoms with Crippen molar-refractivity contribution in [3.05, 3.63) is 66.2 Å². The molecule has 2 aromatic heterocycles. The van der Waals surface area contributed by atoms with Crippen LogP contribution >= 0.6 is 0 Å². The number of ether oxygens (including phenoxy) is 2. The molecule has 1 amide bonds. The minimum atomic E-state index is -0.0999. The van der Waals surface area contributed by atoms with Crippen LogP contribution < -0.4 is 9.47 Å². The molecule has 1 fully saturated rings. The van der Waals surface area contributed by atoms with Crippen molar-refractivity contribution in [2.24, 2.45) is 7.05 Å². The van der Waals surface area contributed by atoms with Gasteiger partial charge in [-0.25, -0.2) is 0 Å². The van der Waals surface area contributed by atoms with Gasteiger partial charge in [0.05, 0.1) is 25.8 Å². The molecule has 0 aliphatic carbocycles. The number of carbonyl (C=O) groups is 1. The van der Waals surface area contributed by atoms with Crippen molar-refractivity contribution in [3.8, 4) is 34.1 Å². The van der Waals surface area contributed by atoms with Gasteiger partial charge in [0, 0.05) is 31.3 Å². The zero-order valence-electron chi connectivity index (χ0n) is 18.6. The zero-order valence-corrected chi connectivity index (χ0v) is 18.6. The van der Waals surface area contributed by atoms with Gasteiger partial charge in [0.25, 0.3) is 5.91 Å². The lowest BCUT2D eigenvalue weighted by Gasteiger charge is -2.36. The first-order chi connectivity index (χ1) is 16.1. The van der Waals surface area contributed by atoms with E-state index in [1.165, 1.54) is 0 Å². The molecule has 9 nitrogen and oxygen atoms in total. The summed E-state index contributed by atoms with van der Waals surface area (Å²) in [7, 11) is 4.96. The van der Waals surface area contributed by atoms with E-state index in [9.17, 15) is 4.79 Å². The van der Waals surface area contributed by atoms with Gasteiger partial charge in [-0.2, -0.15) is 10.1 Å². The second-order valence-electron chi connectivity index (χ2n) is 7.83. The Morgan fingerprint density at radius 2 is 1.85 bits per heavy atom. The molecule has 4 aromatic rings. The van der Waals surface area contributed by atoms with Crippen LogP contribution in [0.25, 0.3) is 22.6 Å². The molecule has 0 bridgehead atoms. The maximum atomic E-state index is 13.1. The SMILES string of the molecule is COc1ccc(OC)c(-c2cc(C(=O)N3CC(c4nc(-c5ccccc5)no4)C3)n(C)n2)c1. The third-order valence-electron chi connectivity index (χ3n) is 5.77. The van der Waals surface area contributed by atoms with Crippen LogP contribution in [0.5, 0.6) is 11.5 Å². The molecule has 0 N–H and O–H groups in total. The number of nitrogens with zero attached hydrogens (tertiary/aromatic N) is 5. The van der Waals surface area contributed by atoms with Gasteiger partial charge in [-0.05, 0) is 24.3 Å². The van der Waals surface area contributed by atoms with Crippen LogP contribution in [0.15, 0.2) is 59.1 Å². The number of carbonyl (C=O) groups excluding carboxylic acids is 1. The maximum Gasteiger partial charge on any atom is 0.272 e. The van der Waals surface area contributed by atoms with Crippen LogP contribution in [-0.2, 0) is 7.05 Å². The molecule has 0 unspecified atom stereocenters. The third kappa shape index (κ3) is 3.82. The highest BCUT2D eigenvalue weighted by Crippen LogP contribution is 2.34. The lowest BCUT2D eigenvalue weighted by Crippen LogP contribution is -2.49. The molecule has 33 heavy (non-hydrogen) atoms. The Bertz CT molecular complexity index is 1290. The fourth-order valence-electron chi connectivity index (χ4n) is 3.88. The Balaban J connectivity index is 1.30. The minimum absolute atomic E-state index is 0.0186. The van der Waals surface area contributed by atoms with E-state index in [0.717, 1.165) is 11.1 Å². The number of hydrogen-bond acceptors (Lipinski definition) is 7. The van der Waals surface area contributed by atoms with Crippen LogP contribution in [-0.4, -0.2) is 58.0 Å². The molecular formula is C24H23N5O4. The number of hydrogen-bond donors (Lipinski definition) is 0. The zero-order chi connectivity index (χ0) is 22.9. The molecule has 1 aliphatic rings. The van der Waals surface area contributed by atoms with Crippen molar-refractivity contribution >= 4 is 5.91 Å². The van der Waals surface area contributed by atoms with Crippen molar-refractivity contribution in [2.45, 2.75) is 5.92 Å². The number of amides is 1. The van der Waals surface area contributed by atoms with Gasteiger partial charge in [0.1, 0.15) is 17.2 Å². The van der Waals surface area contributed by atoms with E-state index in [0.29, 0.717) is 47.7 Å². The van der Waals surface area contributed by atoms with Crippen molar-refractivity contribution in [1.82, 2.24) is 24.8 Å². The summed E-state index contributed by atoms with van der Waals surface area (Å²) in [5, 5.41) is 8.61.